The minimum Gasteiger partial charge on any atom is -0.461 e. The van der Waals surface area contributed by atoms with Gasteiger partial charge in [-0.1, -0.05) is 36.4 Å². The van der Waals surface area contributed by atoms with Crippen LogP contribution in [0, 0.1) is 18.8 Å². The zero-order valence-corrected chi connectivity index (χ0v) is 18.5. The maximum atomic E-state index is 13.7. The third-order valence-corrected chi connectivity index (χ3v) is 6.46. The topological polar surface area (TPSA) is 68.2 Å². The van der Waals surface area contributed by atoms with Crippen LogP contribution in [0.3, 0.4) is 0 Å². The van der Waals surface area contributed by atoms with Gasteiger partial charge in [-0.25, -0.2) is 15.0 Å². The maximum Gasteiger partial charge on any atom is 0.419 e. The van der Waals surface area contributed by atoms with Crippen molar-refractivity contribution in [3.8, 4) is 17.1 Å². The van der Waals surface area contributed by atoms with Gasteiger partial charge in [0.25, 0.3) is 5.91 Å². The molecule has 6 nitrogen and oxygen atoms in total. The summed E-state index contributed by atoms with van der Waals surface area (Å²) in [5.41, 5.74) is 1.87. The van der Waals surface area contributed by atoms with Crippen LogP contribution < -0.4 is 4.74 Å². The van der Waals surface area contributed by atoms with E-state index in [1.807, 2.05) is 49.4 Å². The second-order valence-electron chi connectivity index (χ2n) is 8.88. The van der Waals surface area contributed by atoms with Crippen LogP contribution in [0.4, 0.5) is 13.2 Å². The van der Waals surface area contributed by atoms with E-state index in [0.717, 1.165) is 29.7 Å². The summed E-state index contributed by atoms with van der Waals surface area (Å²) in [6.45, 7) is 2.56. The van der Waals surface area contributed by atoms with Crippen LogP contribution in [0.15, 0.2) is 54.9 Å². The van der Waals surface area contributed by atoms with Crippen molar-refractivity contribution in [2.45, 2.75) is 32.0 Å². The van der Waals surface area contributed by atoms with Crippen molar-refractivity contribution in [1.29, 1.82) is 0 Å². The molecule has 0 radical (unpaired) electrons. The molecule has 176 valence electrons. The molecule has 2 fully saturated rings. The van der Waals surface area contributed by atoms with Gasteiger partial charge in [0.05, 0.1) is 11.6 Å². The van der Waals surface area contributed by atoms with Gasteiger partial charge in [0.15, 0.2) is 0 Å². The molecule has 0 bridgehead atoms. The molecule has 0 N–H and O–H groups in total. The van der Waals surface area contributed by atoms with E-state index in [-0.39, 0.29) is 24.6 Å². The molecule has 3 unspecified atom stereocenters. The Balaban J connectivity index is 1.37. The molecule has 1 amide bonds. The number of aromatic nitrogens is 3. The first-order chi connectivity index (χ1) is 16.3. The monoisotopic (exact) mass is 468 g/mol. The van der Waals surface area contributed by atoms with Gasteiger partial charge in [-0.15, -0.1) is 0 Å². The lowest BCUT2D eigenvalue weighted by molar-refractivity contribution is -0.138. The zero-order chi connectivity index (χ0) is 23.9. The average Bonchev–Trinajstić information content (AvgIpc) is 3.60. The van der Waals surface area contributed by atoms with Gasteiger partial charge < -0.3 is 9.64 Å². The Hall–Kier alpha value is -3.49. The van der Waals surface area contributed by atoms with Gasteiger partial charge in [-0.05, 0) is 43.2 Å². The molecule has 1 aliphatic heterocycles. The molecule has 2 aromatic heterocycles. The van der Waals surface area contributed by atoms with E-state index in [1.165, 1.54) is 0 Å². The minimum atomic E-state index is -4.51. The molecule has 1 saturated heterocycles. The van der Waals surface area contributed by atoms with Crippen LogP contribution in [0.2, 0.25) is 0 Å². The molecular weight excluding hydrogens is 445 g/mol. The predicted octanol–water partition coefficient (Wildman–Crippen LogP) is 4.80. The van der Waals surface area contributed by atoms with Crippen LogP contribution in [0.1, 0.15) is 34.6 Å². The van der Waals surface area contributed by atoms with E-state index in [9.17, 15) is 18.0 Å². The van der Waals surface area contributed by atoms with E-state index < -0.39 is 11.7 Å². The first-order valence-corrected chi connectivity index (χ1v) is 11.2. The number of hydrogen-bond acceptors (Lipinski definition) is 5. The Bertz CT molecular complexity index is 1190. The van der Waals surface area contributed by atoms with Crippen LogP contribution in [-0.2, 0) is 6.18 Å². The van der Waals surface area contributed by atoms with E-state index in [2.05, 4.69) is 15.0 Å². The van der Waals surface area contributed by atoms with Crippen molar-refractivity contribution >= 4 is 5.91 Å². The smallest absolute Gasteiger partial charge is 0.419 e. The largest absolute Gasteiger partial charge is 0.461 e. The van der Waals surface area contributed by atoms with Crippen molar-refractivity contribution in [3.63, 3.8) is 0 Å². The number of alkyl halides is 3. The number of fused-ring (bicyclic) bond motifs is 1. The summed E-state index contributed by atoms with van der Waals surface area (Å²) in [5.74, 6) is 0.826. The molecule has 5 rings (SSSR count). The summed E-state index contributed by atoms with van der Waals surface area (Å²) >= 11 is 0. The Labute approximate surface area is 194 Å². The number of aryl methyl sites for hydroxylation is 1. The Kier molecular flexibility index (Phi) is 5.71. The first kappa shape index (κ1) is 22.3. The third-order valence-electron chi connectivity index (χ3n) is 6.46. The average molecular weight is 468 g/mol. The highest BCUT2D eigenvalue weighted by atomic mass is 19.4. The number of likely N-dealkylation sites (tertiary alicyclic amines) is 1. The van der Waals surface area contributed by atoms with Crippen molar-refractivity contribution in [1.82, 2.24) is 19.9 Å². The standard InChI is InChI=1S/C25H23F3N4O2/c1-15-7-8-21(16-5-3-2-4-6-16)22(31-15)23(33)32-13-18-9-17(18)10-20(32)14-34-24-29-11-19(12-30-24)25(26,27)28/h2-8,11-12,17-18,20H,9-10,13-14H2,1H3. The van der Waals surface area contributed by atoms with Crippen LogP contribution in [0.25, 0.3) is 11.1 Å². The van der Waals surface area contributed by atoms with Gasteiger partial charge in [0.2, 0.25) is 0 Å². The molecule has 1 saturated carbocycles. The van der Waals surface area contributed by atoms with Gasteiger partial charge in [0.1, 0.15) is 12.3 Å². The Morgan fingerprint density at radius 3 is 2.50 bits per heavy atom. The highest BCUT2D eigenvalue weighted by Gasteiger charge is 2.47. The molecule has 0 spiro atoms. The molecule has 34 heavy (non-hydrogen) atoms. The quantitative estimate of drug-likeness (QED) is 0.538. The van der Waals surface area contributed by atoms with Gasteiger partial charge >= 0.3 is 12.2 Å². The van der Waals surface area contributed by atoms with Crippen molar-refractivity contribution in [2.24, 2.45) is 11.8 Å². The summed E-state index contributed by atoms with van der Waals surface area (Å²) in [6, 6.07) is 13.0. The summed E-state index contributed by atoms with van der Waals surface area (Å²) in [7, 11) is 0. The molecule has 2 aliphatic rings. The number of ether oxygens (including phenoxy) is 1. The van der Waals surface area contributed by atoms with E-state index in [4.69, 9.17) is 4.74 Å². The lowest BCUT2D eigenvalue weighted by atomic mass is 9.99. The number of pyridine rings is 1. The number of hydrogen-bond donors (Lipinski definition) is 0. The molecule has 9 heteroatoms. The third kappa shape index (κ3) is 4.60. The van der Waals surface area contributed by atoms with Crippen molar-refractivity contribution in [3.05, 3.63) is 71.8 Å². The predicted molar refractivity (Wildman–Crippen MR) is 118 cm³/mol. The van der Waals surface area contributed by atoms with Crippen LogP contribution >= 0.6 is 0 Å². The number of nitrogens with zero attached hydrogens (tertiary/aromatic N) is 4. The fourth-order valence-corrected chi connectivity index (χ4v) is 4.52. The summed E-state index contributed by atoms with van der Waals surface area (Å²) in [4.78, 5) is 27.5. The lowest BCUT2D eigenvalue weighted by Gasteiger charge is -2.35. The van der Waals surface area contributed by atoms with E-state index in [1.54, 1.807) is 4.90 Å². The van der Waals surface area contributed by atoms with Crippen molar-refractivity contribution < 1.29 is 22.7 Å². The molecule has 1 aromatic carbocycles. The number of carbonyl (C=O) groups is 1. The molecule has 3 aromatic rings. The van der Waals surface area contributed by atoms with Crippen LogP contribution in [0.5, 0.6) is 6.01 Å². The highest BCUT2D eigenvalue weighted by Crippen LogP contribution is 2.47. The molecule has 1 aliphatic carbocycles. The van der Waals surface area contributed by atoms with Gasteiger partial charge in [0, 0.05) is 30.2 Å². The normalized spacial score (nSPS) is 21.6. The fourth-order valence-electron chi connectivity index (χ4n) is 4.52. The Morgan fingerprint density at radius 1 is 1.06 bits per heavy atom. The van der Waals surface area contributed by atoms with Gasteiger partial charge in [-0.3, -0.25) is 4.79 Å². The molecule has 3 atom stereocenters. The first-order valence-electron chi connectivity index (χ1n) is 11.2. The van der Waals surface area contributed by atoms with Crippen LogP contribution in [-0.4, -0.2) is 45.0 Å². The van der Waals surface area contributed by atoms with E-state index in [0.29, 0.717) is 36.5 Å². The summed E-state index contributed by atoms with van der Waals surface area (Å²) in [6.07, 6.45) is -1.28. The lowest BCUT2D eigenvalue weighted by Crippen LogP contribution is -2.48. The molecular formula is C25H23F3N4O2. The summed E-state index contributed by atoms with van der Waals surface area (Å²) in [5, 5.41) is 0. The van der Waals surface area contributed by atoms with Gasteiger partial charge in [-0.2, -0.15) is 13.2 Å². The second-order valence-corrected chi connectivity index (χ2v) is 8.88. The van der Waals surface area contributed by atoms with Crippen molar-refractivity contribution in [2.75, 3.05) is 13.2 Å². The van der Waals surface area contributed by atoms with E-state index >= 15 is 0 Å². The molecule has 3 heterocycles. The second kappa shape index (κ2) is 8.70. The number of carbonyl (C=O) groups excluding carboxylic acids is 1. The number of benzene rings is 1. The number of halogens is 3. The zero-order valence-electron chi connectivity index (χ0n) is 18.5. The number of rotatable bonds is 5. The SMILES string of the molecule is Cc1ccc(-c2ccccc2)c(C(=O)N2CC3CC3CC2COc2ncc(C(F)(F)F)cn2)n1. The minimum absolute atomic E-state index is 0.104. The summed E-state index contributed by atoms with van der Waals surface area (Å²) < 4.78 is 43.9. The maximum absolute atomic E-state index is 13.7. The number of amides is 1. The highest BCUT2D eigenvalue weighted by molar-refractivity contribution is 5.99. The fraction of sp³-hybridized carbons (Fsp3) is 0.360. The number of piperidine rings is 1. The Morgan fingerprint density at radius 2 is 1.79 bits per heavy atom.